The maximum atomic E-state index is 12.2. The first-order chi connectivity index (χ1) is 9.31. The molecule has 0 saturated heterocycles. The molecule has 0 saturated carbocycles. The lowest BCUT2D eigenvalue weighted by Gasteiger charge is -2.08. The molecule has 0 spiro atoms. The van der Waals surface area contributed by atoms with Crippen molar-refractivity contribution < 1.29 is 18.3 Å². The fraction of sp³-hybridized carbons (Fsp3) is 0.0833. The highest BCUT2D eigenvalue weighted by atomic mass is 35.5. The highest BCUT2D eigenvalue weighted by molar-refractivity contribution is 7.92. The zero-order valence-electron chi connectivity index (χ0n) is 10.3. The molecule has 106 valence electrons. The SMILES string of the molecule is Cc1cc(NS(=O)(=O)c2ccccc2Cl)c(C(=O)O)[nH]1. The van der Waals surface area contributed by atoms with Crippen molar-refractivity contribution in [3.63, 3.8) is 0 Å². The number of halogens is 1. The van der Waals surface area contributed by atoms with E-state index < -0.39 is 16.0 Å². The summed E-state index contributed by atoms with van der Waals surface area (Å²) in [6, 6.07) is 7.31. The van der Waals surface area contributed by atoms with Gasteiger partial charge in [-0.1, -0.05) is 23.7 Å². The molecule has 1 heterocycles. The first kappa shape index (κ1) is 14.4. The number of aromatic amines is 1. The second kappa shape index (κ2) is 5.18. The van der Waals surface area contributed by atoms with E-state index in [2.05, 4.69) is 9.71 Å². The van der Waals surface area contributed by atoms with Crippen LogP contribution in [0.15, 0.2) is 35.2 Å². The minimum Gasteiger partial charge on any atom is -0.477 e. The third-order valence-corrected chi connectivity index (χ3v) is 4.40. The van der Waals surface area contributed by atoms with E-state index in [1.54, 1.807) is 13.0 Å². The Bertz CT molecular complexity index is 768. The number of rotatable bonds is 4. The molecule has 1 aromatic heterocycles. The van der Waals surface area contributed by atoms with Crippen LogP contribution in [0, 0.1) is 6.92 Å². The molecule has 2 rings (SSSR count). The molecule has 0 atom stereocenters. The third-order valence-electron chi connectivity index (χ3n) is 2.54. The van der Waals surface area contributed by atoms with E-state index in [0.29, 0.717) is 5.69 Å². The Morgan fingerprint density at radius 2 is 2.00 bits per heavy atom. The number of carbonyl (C=O) groups is 1. The van der Waals surface area contributed by atoms with Crippen molar-refractivity contribution in [2.24, 2.45) is 0 Å². The van der Waals surface area contributed by atoms with Gasteiger partial charge in [0.1, 0.15) is 10.6 Å². The summed E-state index contributed by atoms with van der Waals surface area (Å²) in [7, 11) is -3.95. The number of carboxylic acid groups (broad SMARTS) is 1. The molecule has 0 radical (unpaired) electrons. The molecule has 1 aromatic carbocycles. The van der Waals surface area contributed by atoms with Crippen LogP contribution in [0.3, 0.4) is 0 Å². The zero-order chi connectivity index (χ0) is 14.9. The van der Waals surface area contributed by atoms with Crippen LogP contribution in [0.1, 0.15) is 16.2 Å². The monoisotopic (exact) mass is 314 g/mol. The van der Waals surface area contributed by atoms with E-state index in [1.807, 2.05) is 0 Å². The number of aryl methyl sites for hydroxylation is 1. The van der Waals surface area contributed by atoms with E-state index in [0.717, 1.165) is 0 Å². The molecule has 8 heteroatoms. The molecular weight excluding hydrogens is 304 g/mol. The van der Waals surface area contributed by atoms with Crippen molar-refractivity contribution in [1.82, 2.24) is 4.98 Å². The Labute approximate surface area is 120 Å². The van der Waals surface area contributed by atoms with Gasteiger partial charge in [0.25, 0.3) is 10.0 Å². The lowest BCUT2D eigenvalue weighted by molar-refractivity contribution is 0.0692. The molecule has 0 amide bonds. The van der Waals surface area contributed by atoms with Gasteiger partial charge in [-0.05, 0) is 25.1 Å². The molecule has 2 aromatic rings. The van der Waals surface area contributed by atoms with E-state index in [9.17, 15) is 13.2 Å². The number of nitrogens with one attached hydrogen (secondary N) is 2. The second-order valence-corrected chi connectivity index (χ2v) is 6.14. The second-order valence-electron chi connectivity index (χ2n) is 4.08. The topological polar surface area (TPSA) is 99.3 Å². The zero-order valence-corrected chi connectivity index (χ0v) is 11.9. The van der Waals surface area contributed by atoms with Gasteiger partial charge in [0.05, 0.1) is 10.7 Å². The lowest BCUT2D eigenvalue weighted by Crippen LogP contribution is -2.15. The maximum Gasteiger partial charge on any atom is 0.354 e. The molecule has 6 nitrogen and oxygen atoms in total. The molecule has 0 bridgehead atoms. The normalized spacial score (nSPS) is 11.3. The Balaban J connectivity index is 2.44. The summed E-state index contributed by atoms with van der Waals surface area (Å²) in [5.41, 5.74) is 0.271. The van der Waals surface area contributed by atoms with Crippen molar-refractivity contribution in [3.05, 3.63) is 46.7 Å². The summed E-state index contributed by atoms with van der Waals surface area (Å²) >= 11 is 5.84. The van der Waals surface area contributed by atoms with Crippen molar-refractivity contribution in [1.29, 1.82) is 0 Å². The van der Waals surface area contributed by atoms with Crippen LogP contribution in [-0.4, -0.2) is 24.5 Å². The summed E-state index contributed by atoms with van der Waals surface area (Å²) in [4.78, 5) is 13.5. The Kier molecular flexibility index (Phi) is 3.74. The minimum atomic E-state index is -3.95. The van der Waals surface area contributed by atoms with Gasteiger partial charge in [-0.15, -0.1) is 0 Å². The number of benzene rings is 1. The predicted octanol–water partition coefficient (Wildman–Crippen LogP) is 2.48. The first-order valence-corrected chi connectivity index (χ1v) is 7.37. The number of hydrogen-bond donors (Lipinski definition) is 3. The molecule has 0 fully saturated rings. The minimum absolute atomic E-state index is 0.0325. The molecule has 0 aliphatic carbocycles. The van der Waals surface area contributed by atoms with Crippen LogP contribution in [0.2, 0.25) is 5.02 Å². The number of aromatic nitrogens is 1. The molecule has 0 aliphatic rings. The summed E-state index contributed by atoms with van der Waals surface area (Å²) in [5.74, 6) is -1.25. The fourth-order valence-electron chi connectivity index (χ4n) is 1.70. The van der Waals surface area contributed by atoms with E-state index in [1.165, 1.54) is 24.3 Å². The molecule has 0 aliphatic heterocycles. The van der Waals surface area contributed by atoms with Crippen LogP contribution < -0.4 is 4.72 Å². The number of H-pyrrole nitrogens is 1. The maximum absolute atomic E-state index is 12.2. The number of aromatic carboxylic acids is 1. The fourth-order valence-corrected chi connectivity index (χ4v) is 3.28. The van der Waals surface area contributed by atoms with Crippen molar-refractivity contribution in [2.75, 3.05) is 4.72 Å². The highest BCUT2D eigenvalue weighted by Gasteiger charge is 2.22. The summed E-state index contributed by atoms with van der Waals surface area (Å²) < 4.78 is 26.6. The van der Waals surface area contributed by atoms with E-state index in [4.69, 9.17) is 16.7 Å². The molecular formula is C12H11ClN2O4S. The average Bonchev–Trinajstić information content (AvgIpc) is 2.70. The number of carboxylic acids is 1. The van der Waals surface area contributed by atoms with Gasteiger partial charge >= 0.3 is 5.97 Å². The highest BCUT2D eigenvalue weighted by Crippen LogP contribution is 2.25. The van der Waals surface area contributed by atoms with E-state index in [-0.39, 0.29) is 21.3 Å². The van der Waals surface area contributed by atoms with Gasteiger partial charge in [0.15, 0.2) is 0 Å². The predicted molar refractivity (Wildman–Crippen MR) is 74.7 cm³/mol. The van der Waals surface area contributed by atoms with Gasteiger partial charge < -0.3 is 10.1 Å². The summed E-state index contributed by atoms with van der Waals surface area (Å²) in [6.07, 6.45) is 0. The van der Waals surface area contributed by atoms with Crippen LogP contribution in [-0.2, 0) is 10.0 Å². The smallest absolute Gasteiger partial charge is 0.354 e. The average molecular weight is 315 g/mol. The number of sulfonamides is 1. The lowest BCUT2D eigenvalue weighted by atomic mass is 10.4. The summed E-state index contributed by atoms with van der Waals surface area (Å²) in [6.45, 7) is 1.62. The van der Waals surface area contributed by atoms with Crippen molar-refractivity contribution in [3.8, 4) is 0 Å². The van der Waals surface area contributed by atoms with Gasteiger partial charge in [0.2, 0.25) is 0 Å². The van der Waals surface area contributed by atoms with Gasteiger partial charge in [-0.25, -0.2) is 13.2 Å². The van der Waals surface area contributed by atoms with Crippen LogP contribution in [0.25, 0.3) is 0 Å². The largest absolute Gasteiger partial charge is 0.477 e. The van der Waals surface area contributed by atoms with Crippen LogP contribution in [0.5, 0.6) is 0 Å². The van der Waals surface area contributed by atoms with Gasteiger partial charge in [-0.2, -0.15) is 0 Å². The molecule has 0 unspecified atom stereocenters. The van der Waals surface area contributed by atoms with E-state index >= 15 is 0 Å². The summed E-state index contributed by atoms with van der Waals surface area (Å²) in [5, 5.41) is 9.07. The van der Waals surface area contributed by atoms with Gasteiger partial charge in [-0.3, -0.25) is 4.72 Å². The van der Waals surface area contributed by atoms with Crippen LogP contribution in [0.4, 0.5) is 5.69 Å². The molecule has 20 heavy (non-hydrogen) atoms. The van der Waals surface area contributed by atoms with Crippen LogP contribution >= 0.6 is 11.6 Å². The Hall–Kier alpha value is -1.99. The van der Waals surface area contributed by atoms with Gasteiger partial charge in [0, 0.05) is 5.69 Å². The third kappa shape index (κ3) is 2.78. The van der Waals surface area contributed by atoms with Crippen molar-refractivity contribution >= 4 is 33.3 Å². The Morgan fingerprint density at radius 3 is 2.60 bits per heavy atom. The molecule has 3 N–H and O–H groups in total. The quantitative estimate of drug-likeness (QED) is 0.807. The number of hydrogen-bond acceptors (Lipinski definition) is 3. The Morgan fingerprint density at radius 1 is 1.35 bits per heavy atom. The standard InChI is InChI=1S/C12H11ClN2O4S/c1-7-6-9(11(14-7)12(16)17)15-20(18,19)10-5-3-2-4-8(10)13/h2-6,14-15H,1H3,(H,16,17). The van der Waals surface area contributed by atoms with Crippen molar-refractivity contribution in [2.45, 2.75) is 11.8 Å². The first-order valence-electron chi connectivity index (χ1n) is 5.51. The number of anilines is 1.